The predicted octanol–water partition coefficient (Wildman–Crippen LogP) is 2.22. The van der Waals surface area contributed by atoms with Crippen LogP contribution in [-0.4, -0.2) is 19.9 Å². The molecule has 1 aliphatic carbocycles. The summed E-state index contributed by atoms with van der Waals surface area (Å²) in [6.45, 7) is 0. The van der Waals surface area contributed by atoms with Crippen LogP contribution in [-0.2, 0) is 0 Å². The third kappa shape index (κ3) is 3.13. The van der Waals surface area contributed by atoms with Crippen molar-refractivity contribution < 1.29 is 0 Å². The van der Waals surface area contributed by atoms with Gasteiger partial charge in [-0.1, -0.05) is 0 Å². The molecule has 0 saturated heterocycles. The van der Waals surface area contributed by atoms with Crippen molar-refractivity contribution in [3.05, 3.63) is 22.6 Å². The van der Waals surface area contributed by atoms with Gasteiger partial charge in [0.25, 0.3) is 0 Å². The van der Waals surface area contributed by atoms with Gasteiger partial charge in [-0.05, 0) is 40.5 Å². The second-order valence-corrected chi connectivity index (χ2v) is 6.06. The predicted molar refractivity (Wildman–Crippen MR) is 76.7 cm³/mol. The van der Waals surface area contributed by atoms with E-state index in [2.05, 4.69) is 35.9 Å². The molecule has 3 rings (SSSR count). The highest BCUT2D eigenvalue weighted by Gasteiger charge is 2.27. The number of anilines is 2. The van der Waals surface area contributed by atoms with Gasteiger partial charge < -0.3 is 11.5 Å². The fourth-order valence-electron chi connectivity index (χ4n) is 1.59. The Kier molecular flexibility index (Phi) is 3.28. The molecule has 19 heavy (non-hydrogen) atoms. The molecule has 98 valence electrons. The minimum absolute atomic E-state index is 0.352. The van der Waals surface area contributed by atoms with E-state index in [1.165, 1.54) is 17.8 Å². The van der Waals surface area contributed by atoms with Crippen molar-refractivity contribution in [2.24, 2.45) is 0 Å². The molecular formula is C11H11BrN6S. The Morgan fingerprint density at radius 2 is 1.74 bits per heavy atom. The summed E-state index contributed by atoms with van der Waals surface area (Å²) in [5.41, 5.74) is 11.3. The Labute approximate surface area is 122 Å². The van der Waals surface area contributed by atoms with Gasteiger partial charge in [0.15, 0.2) is 5.16 Å². The lowest BCUT2D eigenvalue weighted by atomic mass is 10.4. The van der Waals surface area contributed by atoms with Crippen molar-refractivity contribution in [1.82, 2.24) is 19.9 Å². The van der Waals surface area contributed by atoms with E-state index in [1.807, 2.05) is 6.07 Å². The van der Waals surface area contributed by atoms with Crippen molar-refractivity contribution in [1.29, 1.82) is 0 Å². The van der Waals surface area contributed by atoms with Crippen LogP contribution in [0.1, 0.15) is 24.6 Å². The molecule has 2 aromatic rings. The molecule has 0 aliphatic heterocycles. The summed E-state index contributed by atoms with van der Waals surface area (Å²) in [7, 11) is 0. The van der Waals surface area contributed by atoms with Crippen LogP contribution >= 0.6 is 27.7 Å². The third-order valence-electron chi connectivity index (χ3n) is 2.57. The number of hydrogen-bond donors (Lipinski definition) is 2. The molecule has 0 spiro atoms. The third-order valence-corrected chi connectivity index (χ3v) is 3.76. The Morgan fingerprint density at radius 1 is 1.05 bits per heavy atom. The SMILES string of the molecule is Nc1cc(N)nc(Sc2cc(Br)nc(C3CC3)n2)n1. The standard InChI is InChI=1S/C11H11BrN6S/c12-6-3-9(18-10(15-6)5-1-2-5)19-11-16-7(13)4-8(14)17-11/h3-5H,1-2H2,(H4,13,14,16,17). The van der Waals surface area contributed by atoms with Gasteiger partial charge in [0.05, 0.1) is 0 Å². The maximum atomic E-state index is 5.64. The molecule has 0 amide bonds. The lowest BCUT2D eigenvalue weighted by molar-refractivity contribution is 0.863. The average molecular weight is 339 g/mol. The quantitative estimate of drug-likeness (QED) is 0.653. The van der Waals surface area contributed by atoms with Crippen LogP contribution in [0.25, 0.3) is 0 Å². The van der Waals surface area contributed by atoms with Crippen molar-refractivity contribution in [2.45, 2.75) is 28.9 Å². The fourth-order valence-corrected chi connectivity index (χ4v) is 2.94. The van der Waals surface area contributed by atoms with Gasteiger partial charge in [0.1, 0.15) is 27.1 Å². The Balaban J connectivity index is 1.89. The van der Waals surface area contributed by atoms with Gasteiger partial charge in [0, 0.05) is 18.1 Å². The van der Waals surface area contributed by atoms with Gasteiger partial charge >= 0.3 is 0 Å². The number of aromatic nitrogens is 4. The first-order valence-electron chi connectivity index (χ1n) is 5.72. The summed E-state index contributed by atoms with van der Waals surface area (Å²) in [5, 5.41) is 1.28. The van der Waals surface area contributed by atoms with Gasteiger partial charge in [-0.15, -0.1) is 0 Å². The summed E-state index contributed by atoms with van der Waals surface area (Å²) in [6.07, 6.45) is 2.31. The zero-order valence-corrected chi connectivity index (χ0v) is 12.3. The number of rotatable bonds is 3. The molecule has 8 heteroatoms. The minimum atomic E-state index is 0.352. The molecule has 0 aromatic carbocycles. The molecule has 0 atom stereocenters. The number of nitrogen functional groups attached to an aromatic ring is 2. The maximum absolute atomic E-state index is 5.64. The lowest BCUT2D eigenvalue weighted by Crippen LogP contribution is -2.00. The molecule has 0 radical (unpaired) electrons. The minimum Gasteiger partial charge on any atom is -0.383 e. The van der Waals surface area contributed by atoms with E-state index in [0.29, 0.717) is 22.7 Å². The zero-order chi connectivity index (χ0) is 13.4. The monoisotopic (exact) mass is 338 g/mol. The Hall–Kier alpha value is -1.41. The van der Waals surface area contributed by atoms with Crippen LogP contribution in [0.2, 0.25) is 0 Å². The summed E-state index contributed by atoms with van der Waals surface area (Å²) < 4.78 is 0.767. The van der Waals surface area contributed by atoms with E-state index in [-0.39, 0.29) is 0 Å². The van der Waals surface area contributed by atoms with E-state index < -0.39 is 0 Å². The normalized spacial score (nSPS) is 14.6. The van der Waals surface area contributed by atoms with Gasteiger partial charge in [-0.3, -0.25) is 0 Å². The highest BCUT2D eigenvalue weighted by atomic mass is 79.9. The second kappa shape index (κ2) is 4.93. The first kappa shape index (κ1) is 12.6. The number of nitrogens with zero attached hydrogens (tertiary/aromatic N) is 4. The highest BCUT2D eigenvalue weighted by molar-refractivity contribution is 9.10. The molecule has 2 heterocycles. The Morgan fingerprint density at radius 3 is 2.37 bits per heavy atom. The van der Waals surface area contributed by atoms with Gasteiger partial charge in [-0.2, -0.15) is 0 Å². The Bertz CT molecular complexity index is 610. The van der Waals surface area contributed by atoms with E-state index in [1.54, 1.807) is 0 Å². The molecule has 1 fully saturated rings. The summed E-state index contributed by atoms with van der Waals surface area (Å²) in [6, 6.07) is 3.36. The van der Waals surface area contributed by atoms with E-state index >= 15 is 0 Å². The van der Waals surface area contributed by atoms with Crippen molar-refractivity contribution in [3.63, 3.8) is 0 Å². The fraction of sp³-hybridized carbons (Fsp3) is 0.273. The zero-order valence-electron chi connectivity index (χ0n) is 9.88. The van der Waals surface area contributed by atoms with Crippen LogP contribution < -0.4 is 11.5 Å². The van der Waals surface area contributed by atoms with E-state index in [4.69, 9.17) is 11.5 Å². The van der Waals surface area contributed by atoms with E-state index in [9.17, 15) is 0 Å². The van der Waals surface area contributed by atoms with Crippen LogP contribution in [0.15, 0.2) is 26.9 Å². The van der Waals surface area contributed by atoms with Crippen molar-refractivity contribution in [2.75, 3.05) is 11.5 Å². The van der Waals surface area contributed by atoms with E-state index in [0.717, 1.165) is 28.3 Å². The van der Waals surface area contributed by atoms with Crippen LogP contribution in [0, 0.1) is 0 Å². The topological polar surface area (TPSA) is 104 Å². The molecule has 4 N–H and O–H groups in total. The van der Waals surface area contributed by atoms with Gasteiger partial charge in [-0.25, -0.2) is 19.9 Å². The van der Waals surface area contributed by atoms with Crippen LogP contribution in [0.3, 0.4) is 0 Å². The first-order valence-corrected chi connectivity index (χ1v) is 7.33. The molecule has 0 bridgehead atoms. The number of hydrogen-bond acceptors (Lipinski definition) is 7. The largest absolute Gasteiger partial charge is 0.383 e. The summed E-state index contributed by atoms with van der Waals surface area (Å²) in [5.74, 6) is 2.06. The number of halogens is 1. The molecule has 1 aliphatic rings. The van der Waals surface area contributed by atoms with Gasteiger partial charge in [0.2, 0.25) is 0 Å². The van der Waals surface area contributed by atoms with Crippen molar-refractivity contribution in [3.8, 4) is 0 Å². The molecular weight excluding hydrogens is 328 g/mol. The first-order chi connectivity index (χ1) is 9.10. The summed E-state index contributed by atoms with van der Waals surface area (Å²) >= 11 is 4.72. The lowest BCUT2D eigenvalue weighted by Gasteiger charge is -2.04. The molecule has 2 aromatic heterocycles. The van der Waals surface area contributed by atoms with Crippen LogP contribution in [0.4, 0.5) is 11.6 Å². The smallest absolute Gasteiger partial charge is 0.197 e. The maximum Gasteiger partial charge on any atom is 0.197 e. The molecule has 6 nitrogen and oxygen atoms in total. The molecule has 1 saturated carbocycles. The summed E-state index contributed by atoms with van der Waals surface area (Å²) in [4.78, 5) is 17.1. The van der Waals surface area contributed by atoms with Crippen molar-refractivity contribution >= 4 is 39.3 Å². The molecule has 0 unspecified atom stereocenters. The second-order valence-electron chi connectivity index (χ2n) is 4.26. The number of nitrogens with two attached hydrogens (primary N) is 2. The van der Waals surface area contributed by atoms with Crippen LogP contribution in [0.5, 0.6) is 0 Å². The average Bonchev–Trinajstić information content (AvgIpc) is 3.09. The highest BCUT2D eigenvalue weighted by Crippen LogP contribution is 2.39.